The number of carbonyl (C=O) groups is 2. The largest absolute Gasteiger partial charge is 0.462 e. The number of benzene rings is 1. The van der Waals surface area contributed by atoms with E-state index in [1.807, 2.05) is 30.0 Å². The van der Waals surface area contributed by atoms with Crippen LogP contribution in [0, 0.1) is 12.8 Å². The van der Waals surface area contributed by atoms with Crippen LogP contribution in [0.4, 0.5) is 5.69 Å². The van der Waals surface area contributed by atoms with Gasteiger partial charge in [0.1, 0.15) is 5.56 Å². The molecule has 0 spiro atoms. The molecule has 27 heavy (non-hydrogen) atoms. The molecule has 1 saturated heterocycles. The number of anilines is 1. The van der Waals surface area contributed by atoms with Crippen molar-refractivity contribution in [2.75, 3.05) is 31.6 Å². The molecule has 0 saturated carbocycles. The summed E-state index contributed by atoms with van der Waals surface area (Å²) in [6.45, 7) is 7.95. The van der Waals surface area contributed by atoms with E-state index in [0.29, 0.717) is 17.2 Å². The molecule has 1 N–H and O–H groups in total. The van der Waals surface area contributed by atoms with Gasteiger partial charge in [0.15, 0.2) is 0 Å². The Bertz CT molecular complexity index is 850. The molecule has 1 fully saturated rings. The number of piperidine rings is 1. The maximum atomic E-state index is 12.7. The number of amides is 1. The Morgan fingerprint density at radius 2 is 2.19 bits per heavy atom. The Hall–Kier alpha value is -2.63. The van der Waals surface area contributed by atoms with Gasteiger partial charge in [-0.15, -0.1) is 0 Å². The van der Waals surface area contributed by atoms with Gasteiger partial charge in [-0.1, -0.05) is 18.6 Å². The minimum Gasteiger partial charge on any atom is -0.462 e. The molecule has 6 heteroatoms. The number of aromatic nitrogens is 1. The number of pyridine rings is 1. The highest BCUT2D eigenvalue weighted by atomic mass is 16.5. The number of hydrogen-bond acceptors (Lipinski definition) is 5. The minimum absolute atomic E-state index is 0.0500. The quantitative estimate of drug-likeness (QED) is 0.818. The van der Waals surface area contributed by atoms with Crippen molar-refractivity contribution in [2.45, 2.75) is 33.6 Å². The SMILES string of the molecule is CCOC(=O)c1cnc2ccc(C)cc2c1NCC(=O)N1CCCC(C)C1. The van der Waals surface area contributed by atoms with E-state index >= 15 is 0 Å². The van der Waals surface area contributed by atoms with E-state index in [1.165, 1.54) is 12.6 Å². The first-order valence-corrected chi connectivity index (χ1v) is 9.57. The van der Waals surface area contributed by atoms with Crippen molar-refractivity contribution in [3.05, 3.63) is 35.5 Å². The van der Waals surface area contributed by atoms with Crippen LogP contribution in [0.1, 0.15) is 42.6 Å². The summed E-state index contributed by atoms with van der Waals surface area (Å²) in [5.41, 5.74) is 2.80. The summed E-state index contributed by atoms with van der Waals surface area (Å²) in [5.74, 6) is 0.145. The second kappa shape index (κ2) is 8.37. The van der Waals surface area contributed by atoms with Crippen LogP contribution in [0.15, 0.2) is 24.4 Å². The Labute approximate surface area is 159 Å². The lowest BCUT2D eigenvalue weighted by Gasteiger charge is -2.31. The highest BCUT2D eigenvalue weighted by Gasteiger charge is 2.22. The molecule has 144 valence electrons. The molecule has 2 heterocycles. The van der Waals surface area contributed by atoms with Crippen LogP contribution in [0.3, 0.4) is 0 Å². The zero-order valence-corrected chi connectivity index (χ0v) is 16.2. The van der Waals surface area contributed by atoms with Gasteiger partial charge < -0.3 is 15.0 Å². The molecule has 3 rings (SSSR count). The molecule has 1 aliphatic heterocycles. The first-order valence-electron chi connectivity index (χ1n) is 9.57. The fourth-order valence-electron chi connectivity index (χ4n) is 3.55. The lowest BCUT2D eigenvalue weighted by atomic mass is 10.0. The predicted octanol–water partition coefficient (Wildman–Crippen LogP) is 3.39. The topological polar surface area (TPSA) is 71.5 Å². The standard InChI is InChI=1S/C21H27N3O3/c1-4-27-21(26)17-11-22-18-8-7-14(2)10-16(18)20(17)23-12-19(25)24-9-5-6-15(3)13-24/h7-8,10-11,15H,4-6,9,12-13H2,1-3H3,(H,22,23). The molecule has 6 nitrogen and oxygen atoms in total. The molecule has 1 aromatic carbocycles. The van der Waals surface area contributed by atoms with Crippen molar-refractivity contribution in [1.82, 2.24) is 9.88 Å². The van der Waals surface area contributed by atoms with Crippen LogP contribution >= 0.6 is 0 Å². The highest BCUT2D eigenvalue weighted by Crippen LogP contribution is 2.28. The summed E-state index contributed by atoms with van der Waals surface area (Å²) in [7, 11) is 0. The molecular formula is C21H27N3O3. The van der Waals surface area contributed by atoms with Crippen LogP contribution in [0.25, 0.3) is 10.9 Å². The van der Waals surface area contributed by atoms with Gasteiger partial charge in [-0.25, -0.2) is 4.79 Å². The van der Waals surface area contributed by atoms with Crippen LogP contribution < -0.4 is 5.32 Å². The fraction of sp³-hybridized carbons (Fsp3) is 0.476. The number of nitrogens with zero attached hydrogens (tertiary/aromatic N) is 2. The van der Waals surface area contributed by atoms with E-state index in [1.54, 1.807) is 6.92 Å². The summed E-state index contributed by atoms with van der Waals surface area (Å²) in [6.07, 6.45) is 3.72. The van der Waals surface area contributed by atoms with E-state index in [4.69, 9.17) is 4.74 Å². The van der Waals surface area contributed by atoms with Crippen molar-refractivity contribution in [3.63, 3.8) is 0 Å². The summed E-state index contributed by atoms with van der Waals surface area (Å²) >= 11 is 0. The molecular weight excluding hydrogens is 342 g/mol. The van der Waals surface area contributed by atoms with Gasteiger partial charge in [0, 0.05) is 24.7 Å². The predicted molar refractivity (Wildman–Crippen MR) is 106 cm³/mol. The third kappa shape index (κ3) is 4.38. The van der Waals surface area contributed by atoms with E-state index in [2.05, 4.69) is 17.2 Å². The highest BCUT2D eigenvalue weighted by molar-refractivity contribution is 6.05. The number of fused-ring (bicyclic) bond motifs is 1. The van der Waals surface area contributed by atoms with Gasteiger partial charge >= 0.3 is 5.97 Å². The van der Waals surface area contributed by atoms with Crippen molar-refractivity contribution >= 4 is 28.5 Å². The number of esters is 1. The van der Waals surface area contributed by atoms with E-state index in [-0.39, 0.29) is 19.1 Å². The molecule has 1 amide bonds. The first-order chi connectivity index (χ1) is 13.0. The number of carbonyl (C=O) groups excluding carboxylic acids is 2. The van der Waals surface area contributed by atoms with Gasteiger partial charge in [0.2, 0.25) is 5.91 Å². The van der Waals surface area contributed by atoms with Crippen molar-refractivity contribution in [3.8, 4) is 0 Å². The molecule has 1 atom stereocenters. The Balaban J connectivity index is 1.88. The number of rotatable bonds is 5. The maximum absolute atomic E-state index is 12.7. The second-order valence-electron chi connectivity index (χ2n) is 7.23. The summed E-state index contributed by atoms with van der Waals surface area (Å²) in [5, 5.41) is 4.02. The van der Waals surface area contributed by atoms with Crippen molar-refractivity contribution in [1.29, 1.82) is 0 Å². The monoisotopic (exact) mass is 369 g/mol. The van der Waals surface area contributed by atoms with Crippen LogP contribution in [-0.2, 0) is 9.53 Å². The van der Waals surface area contributed by atoms with Crippen LogP contribution in [-0.4, -0.2) is 48.0 Å². The fourth-order valence-corrected chi connectivity index (χ4v) is 3.55. The smallest absolute Gasteiger partial charge is 0.341 e. The van der Waals surface area contributed by atoms with Gasteiger partial charge in [-0.2, -0.15) is 0 Å². The van der Waals surface area contributed by atoms with Crippen LogP contribution in [0.5, 0.6) is 0 Å². The third-order valence-corrected chi connectivity index (χ3v) is 4.94. The Morgan fingerprint density at radius 3 is 2.93 bits per heavy atom. The summed E-state index contributed by atoms with van der Waals surface area (Å²) < 4.78 is 5.17. The van der Waals surface area contributed by atoms with E-state index < -0.39 is 5.97 Å². The Kier molecular flexibility index (Phi) is 5.94. The summed E-state index contributed by atoms with van der Waals surface area (Å²) in [4.78, 5) is 31.3. The lowest BCUT2D eigenvalue weighted by molar-refractivity contribution is -0.130. The Morgan fingerprint density at radius 1 is 1.37 bits per heavy atom. The number of likely N-dealkylation sites (tertiary alicyclic amines) is 1. The molecule has 1 aliphatic rings. The number of ether oxygens (including phenoxy) is 1. The maximum Gasteiger partial charge on any atom is 0.341 e. The second-order valence-corrected chi connectivity index (χ2v) is 7.23. The summed E-state index contributed by atoms with van der Waals surface area (Å²) in [6, 6.07) is 5.86. The lowest BCUT2D eigenvalue weighted by Crippen LogP contribution is -2.42. The molecule has 2 aromatic rings. The number of nitrogens with one attached hydrogen (secondary N) is 1. The van der Waals surface area contributed by atoms with Gasteiger partial charge in [-0.05, 0) is 44.7 Å². The average Bonchev–Trinajstić information content (AvgIpc) is 2.65. The van der Waals surface area contributed by atoms with Crippen LogP contribution in [0.2, 0.25) is 0 Å². The normalized spacial score (nSPS) is 17.0. The van der Waals surface area contributed by atoms with E-state index in [0.717, 1.165) is 36.0 Å². The molecule has 0 aliphatic carbocycles. The van der Waals surface area contributed by atoms with E-state index in [9.17, 15) is 9.59 Å². The zero-order valence-electron chi connectivity index (χ0n) is 16.2. The van der Waals surface area contributed by atoms with Crippen molar-refractivity contribution < 1.29 is 14.3 Å². The minimum atomic E-state index is -0.435. The molecule has 0 bridgehead atoms. The molecule has 0 radical (unpaired) electrons. The number of aryl methyl sites for hydroxylation is 1. The average molecular weight is 369 g/mol. The van der Waals surface area contributed by atoms with Crippen molar-refractivity contribution in [2.24, 2.45) is 5.92 Å². The van der Waals surface area contributed by atoms with Gasteiger partial charge in [0.25, 0.3) is 0 Å². The zero-order chi connectivity index (χ0) is 19.4. The molecule has 1 aromatic heterocycles. The first kappa shape index (κ1) is 19.1. The molecule has 1 unspecified atom stereocenters. The van der Waals surface area contributed by atoms with Gasteiger partial charge in [-0.3, -0.25) is 9.78 Å². The van der Waals surface area contributed by atoms with Gasteiger partial charge in [0.05, 0.1) is 24.4 Å². The number of hydrogen-bond donors (Lipinski definition) is 1. The third-order valence-electron chi connectivity index (χ3n) is 4.94.